The van der Waals surface area contributed by atoms with Gasteiger partial charge in [-0.25, -0.2) is 0 Å². The first-order valence-corrected chi connectivity index (χ1v) is 5.32. The molecule has 1 heterocycles. The van der Waals surface area contributed by atoms with Gasteiger partial charge < -0.3 is 4.74 Å². The lowest BCUT2D eigenvalue weighted by molar-refractivity contribution is 0.132. The monoisotopic (exact) mass is 213 g/mol. The number of ether oxygens (including phenoxy) is 1. The van der Waals surface area contributed by atoms with Crippen LogP contribution < -0.4 is 0 Å². The van der Waals surface area contributed by atoms with E-state index in [-0.39, 0.29) is 6.10 Å². The summed E-state index contributed by atoms with van der Waals surface area (Å²) in [5, 5.41) is 0. The highest BCUT2D eigenvalue weighted by molar-refractivity contribution is 5.32. The van der Waals surface area contributed by atoms with Gasteiger partial charge in [-0.2, -0.15) is 0 Å². The molecule has 0 fully saturated rings. The third-order valence-corrected chi connectivity index (χ3v) is 2.66. The van der Waals surface area contributed by atoms with Gasteiger partial charge in [-0.3, -0.25) is 4.98 Å². The van der Waals surface area contributed by atoms with Gasteiger partial charge in [0.15, 0.2) is 0 Å². The van der Waals surface area contributed by atoms with Gasteiger partial charge in [-0.15, -0.1) is 0 Å². The van der Waals surface area contributed by atoms with E-state index in [1.165, 1.54) is 11.1 Å². The molecule has 0 amide bonds. The molecule has 1 aromatic carbocycles. The molecule has 0 saturated carbocycles. The van der Waals surface area contributed by atoms with Crippen molar-refractivity contribution in [1.29, 1.82) is 0 Å². The van der Waals surface area contributed by atoms with Crippen molar-refractivity contribution in [2.45, 2.75) is 13.0 Å². The molecule has 0 aliphatic rings. The van der Waals surface area contributed by atoms with E-state index in [0.717, 1.165) is 5.69 Å². The third kappa shape index (κ3) is 2.12. The first-order chi connectivity index (χ1) is 7.83. The topological polar surface area (TPSA) is 22.1 Å². The Kier molecular flexibility index (Phi) is 3.32. The van der Waals surface area contributed by atoms with E-state index in [2.05, 4.69) is 24.0 Å². The van der Waals surface area contributed by atoms with Gasteiger partial charge in [0.05, 0.1) is 5.69 Å². The van der Waals surface area contributed by atoms with Crippen LogP contribution in [0.15, 0.2) is 48.7 Å². The smallest absolute Gasteiger partial charge is 0.124 e. The van der Waals surface area contributed by atoms with Crippen LogP contribution in [0, 0.1) is 6.92 Å². The van der Waals surface area contributed by atoms with Crippen molar-refractivity contribution in [1.82, 2.24) is 4.98 Å². The number of aromatic nitrogens is 1. The molecular formula is C14H15NO. The Hall–Kier alpha value is -1.67. The number of benzene rings is 1. The summed E-state index contributed by atoms with van der Waals surface area (Å²) in [4.78, 5) is 4.34. The molecule has 0 spiro atoms. The lowest BCUT2D eigenvalue weighted by Gasteiger charge is -2.17. The average molecular weight is 213 g/mol. The summed E-state index contributed by atoms with van der Waals surface area (Å²) in [6, 6.07) is 14.1. The molecule has 0 saturated heterocycles. The third-order valence-electron chi connectivity index (χ3n) is 2.66. The molecule has 0 aliphatic carbocycles. The maximum absolute atomic E-state index is 5.54. The van der Waals surface area contributed by atoms with Gasteiger partial charge in [-0.05, 0) is 30.2 Å². The predicted octanol–water partition coefficient (Wildman–Crippen LogP) is 3.13. The quantitative estimate of drug-likeness (QED) is 0.781. The van der Waals surface area contributed by atoms with Crippen LogP contribution in [0.5, 0.6) is 0 Å². The number of pyridine rings is 1. The van der Waals surface area contributed by atoms with E-state index < -0.39 is 0 Å². The minimum atomic E-state index is -0.0811. The van der Waals surface area contributed by atoms with Gasteiger partial charge >= 0.3 is 0 Å². The summed E-state index contributed by atoms with van der Waals surface area (Å²) in [5.41, 5.74) is 3.34. The van der Waals surface area contributed by atoms with Crippen molar-refractivity contribution in [3.8, 4) is 0 Å². The molecule has 2 rings (SSSR count). The predicted molar refractivity (Wildman–Crippen MR) is 64.3 cm³/mol. The minimum absolute atomic E-state index is 0.0811. The zero-order valence-electron chi connectivity index (χ0n) is 9.55. The number of nitrogens with zero attached hydrogens (tertiary/aromatic N) is 1. The second-order valence-electron chi connectivity index (χ2n) is 3.73. The number of aryl methyl sites for hydroxylation is 1. The summed E-state index contributed by atoms with van der Waals surface area (Å²) < 4.78 is 5.54. The number of rotatable bonds is 3. The highest BCUT2D eigenvalue weighted by atomic mass is 16.5. The summed E-state index contributed by atoms with van der Waals surface area (Å²) in [6.45, 7) is 2.09. The van der Waals surface area contributed by atoms with Crippen molar-refractivity contribution in [3.05, 3.63) is 65.5 Å². The van der Waals surface area contributed by atoms with E-state index in [1.54, 1.807) is 13.3 Å². The largest absolute Gasteiger partial charge is 0.370 e. The van der Waals surface area contributed by atoms with Crippen molar-refractivity contribution >= 4 is 0 Å². The Morgan fingerprint density at radius 3 is 2.44 bits per heavy atom. The molecular weight excluding hydrogens is 198 g/mol. The zero-order chi connectivity index (χ0) is 11.4. The Morgan fingerprint density at radius 2 is 1.81 bits per heavy atom. The minimum Gasteiger partial charge on any atom is -0.370 e. The van der Waals surface area contributed by atoms with Gasteiger partial charge in [0.2, 0.25) is 0 Å². The lowest BCUT2D eigenvalue weighted by atomic mass is 10.0. The Morgan fingerprint density at radius 1 is 1.06 bits per heavy atom. The average Bonchev–Trinajstić information content (AvgIpc) is 2.34. The van der Waals surface area contributed by atoms with Crippen LogP contribution >= 0.6 is 0 Å². The molecule has 2 heteroatoms. The van der Waals surface area contributed by atoms with Crippen LogP contribution in [-0.4, -0.2) is 12.1 Å². The highest BCUT2D eigenvalue weighted by Gasteiger charge is 2.15. The first-order valence-electron chi connectivity index (χ1n) is 5.32. The molecule has 2 nitrogen and oxygen atoms in total. The summed E-state index contributed by atoms with van der Waals surface area (Å²) in [5.74, 6) is 0. The van der Waals surface area contributed by atoms with Gasteiger partial charge in [0, 0.05) is 13.3 Å². The number of hydrogen-bond donors (Lipinski definition) is 0. The van der Waals surface area contributed by atoms with Crippen LogP contribution in [-0.2, 0) is 4.74 Å². The van der Waals surface area contributed by atoms with Crippen molar-refractivity contribution in [2.24, 2.45) is 0 Å². The number of methoxy groups -OCH3 is 1. The van der Waals surface area contributed by atoms with Crippen LogP contribution in [0.4, 0.5) is 0 Å². The van der Waals surface area contributed by atoms with Crippen molar-refractivity contribution < 1.29 is 4.74 Å². The fourth-order valence-corrected chi connectivity index (χ4v) is 1.82. The Bertz CT molecular complexity index is 453. The summed E-state index contributed by atoms with van der Waals surface area (Å²) in [7, 11) is 1.71. The second kappa shape index (κ2) is 4.90. The van der Waals surface area contributed by atoms with Gasteiger partial charge in [0.1, 0.15) is 6.10 Å². The maximum atomic E-state index is 5.54. The Labute approximate surface area is 95.9 Å². The fourth-order valence-electron chi connectivity index (χ4n) is 1.82. The molecule has 1 atom stereocenters. The molecule has 0 aliphatic heterocycles. The van der Waals surface area contributed by atoms with Gasteiger partial charge in [-0.1, -0.05) is 30.3 Å². The standard InChI is InChI=1S/C14H15NO/c1-11-7-3-4-8-12(11)14(16-2)13-9-5-6-10-15-13/h3-10,14H,1-2H3. The molecule has 82 valence electrons. The van der Waals surface area contributed by atoms with E-state index in [0.29, 0.717) is 0 Å². The van der Waals surface area contributed by atoms with E-state index in [4.69, 9.17) is 4.74 Å². The fraction of sp³-hybridized carbons (Fsp3) is 0.214. The summed E-state index contributed by atoms with van der Waals surface area (Å²) >= 11 is 0. The zero-order valence-corrected chi connectivity index (χ0v) is 9.55. The molecule has 0 radical (unpaired) electrons. The van der Waals surface area contributed by atoms with Crippen LogP contribution in [0.3, 0.4) is 0 Å². The van der Waals surface area contributed by atoms with Crippen LogP contribution in [0.25, 0.3) is 0 Å². The molecule has 0 N–H and O–H groups in total. The van der Waals surface area contributed by atoms with Crippen molar-refractivity contribution in [2.75, 3.05) is 7.11 Å². The van der Waals surface area contributed by atoms with E-state index >= 15 is 0 Å². The van der Waals surface area contributed by atoms with E-state index in [9.17, 15) is 0 Å². The molecule has 0 bridgehead atoms. The lowest BCUT2D eigenvalue weighted by Crippen LogP contribution is -2.06. The molecule has 16 heavy (non-hydrogen) atoms. The van der Waals surface area contributed by atoms with Crippen LogP contribution in [0.2, 0.25) is 0 Å². The SMILES string of the molecule is COC(c1ccccn1)c1ccccc1C. The second-order valence-corrected chi connectivity index (χ2v) is 3.73. The van der Waals surface area contributed by atoms with Crippen LogP contribution in [0.1, 0.15) is 22.9 Å². The molecule has 2 aromatic rings. The normalized spacial score (nSPS) is 12.4. The first kappa shape index (κ1) is 10.8. The summed E-state index contributed by atoms with van der Waals surface area (Å²) in [6.07, 6.45) is 1.71. The van der Waals surface area contributed by atoms with Gasteiger partial charge in [0.25, 0.3) is 0 Å². The highest BCUT2D eigenvalue weighted by Crippen LogP contribution is 2.25. The Balaban J connectivity index is 2.41. The van der Waals surface area contributed by atoms with E-state index in [1.807, 2.05) is 30.3 Å². The molecule has 1 aromatic heterocycles. The molecule has 1 unspecified atom stereocenters. The van der Waals surface area contributed by atoms with Crippen molar-refractivity contribution in [3.63, 3.8) is 0 Å². The maximum Gasteiger partial charge on any atom is 0.124 e. The number of hydrogen-bond acceptors (Lipinski definition) is 2.